The van der Waals surface area contributed by atoms with E-state index in [4.69, 9.17) is 11.1 Å². The Morgan fingerprint density at radius 1 is 1.62 bits per heavy atom. The van der Waals surface area contributed by atoms with Gasteiger partial charge in [-0.2, -0.15) is 5.90 Å². The van der Waals surface area contributed by atoms with Gasteiger partial charge in [0.25, 0.3) is 5.91 Å². The molecule has 0 saturated carbocycles. The van der Waals surface area contributed by atoms with Crippen molar-refractivity contribution in [3.8, 4) is 5.75 Å². The average Bonchev–Trinajstić information content (AvgIpc) is 2.17. The standard InChI is InChI=1S/C8H10N2O3/c1-5-2-3-6(8(11)10-12)4-7(5)13-9/h2-4,12H,9H2,1H3,(H,10,11). The lowest BCUT2D eigenvalue weighted by Crippen LogP contribution is -2.18. The quantitative estimate of drug-likeness (QED) is 0.455. The zero-order valence-corrected chi connectivity index (χ0v) is 7.07. The van der Waals surface area contributed by atoms with E-state index in [9.17, 15) is 4.79 Å². The van der Waals surface area contributed by atoms with Crippen molar-refractivity contribution in [2.45, 2.75) is 6.92 Å². The summed E-state index contributed by atoms with van der Waals surface area (Å²) in [5, 5.41) is 8.35. The van der Waals surface area contributed by atoms with Crippen LogP contribution in [0.1, 0.15) is 15.9 Å². The number of hydrogen-bond acceptors (Lipinski definition) is 4. The summed E-state index contributed by atoms with van der Waals surface area (Å²) in [6.07, 6.45) is 0. The fourth-order valence-electron chi connectivity index (χ4n) is 0.933. The van der Waals surface area contributed by atoms with Gasteiger partial charge in [-0.05, 0) is 24.6 Å². The predicted molar refractivity (Wildman–Crippen MR) is 45.2 cm³/mol. The molecule has 0 atom stereocenters. The third kappa shape index (κ3) is 1.95. The van der Waals surface area contributed by atoms with Crippen molar-refractivity contribution < 1.29 is 14.8 Å². The van der Waals surface area contributed by atoms with E-state index in [1.807, 2.05) is 0 Å². The second-order valence-electron chi connectivity index (χ2n) is 2.54. The summed E-state index contributed by atoms with van der Waals surface area (Å²) in [6.45, 7) is 1.79. The number of amides is 1. The van der Waals surface area contributed by atoms with Gasteiger partial charge < -0.3 is 4.84 Å². The first-order valence-electron chi connectivity index (χ1n) is 3.61. The van der Waals surface area contributed by atoms with Gasteiger partial charge in [0.1, 0.15) is 0 Å². The molecule has 0 aliphatic carbocycles. The molecule has 0 aromatic heterocycles. The van der Waals surface area contributed by atoms with Crippen molar-refractivity contribution in [1.82, 2.24) is 5.48 Å². The highest BCUT2D eigenvalue weighted by atomic mass is 16.6. The highest BCUT2D eigenvalue weighted by Crippen LogP contribution is 2.17. The smallest absolute Gasteiger partial charge is 0.274 e. The molecule has 70 valence electrons. The highest BCUT2D eigenvalue weighted by Gasteiger charge is 2.06. The normalized spacial score (nSPS) is 9.46. The molecule has 0 aliphatic heterocycles. The molecule has 13 heavy (non-hydrogen) atoms. The number of rotatable bonds is 2. The number of benzene rings is 1. The fraction of sp³-hybridized carbons (Fsp3) is 0.125. The van der Waals surface area contributed by atoms with Crippen LogP contribution in [0.2, 0.25) is 0 Å². The van der Waals surface area contributed by atoms with Crippen LogP contribution in [0.3, 0.4) is 0 Å². The van der Waals surface area contributed by atoms with Crippen LogP contribution in [0.15, 0.2) is 18.2 Å². The lowest BCUT2D eigenvalue weighted by Gasteiger charge is -2.04. The molecule has 0 fully saturated rings. The Hall–Kier alpha value is -1.59. The second kappa shape index (κ2) is 3.88. The maximum Gasteiger partial charge on any atom is 0.274 e. The summed E-state index contributed by atoms with van der Waals surface area (Å²) in [6, 6.07) is 4.68. The minimum atomic E-state index is -0.599. The Morgan fingerprint density at radius 2 is 2.31 bits per heavy atom. The van der Waals surface area contributed by atoms with Gasteiger partial charge in [0.05, 0.1) is 0 Å². The van der Waals surface area contributed by atoms with Gasteiger partial charge in [-0.1, -0.05) is 6.07 Å². The Balaban J connectivity index is 3.06. The molecule has 0 aliphatic rings. The molecular formula is C8H10N2O3. The first kappa shape index (κ1) is 9.50. The fourth-order valence-corrected chi connectivity index (χ4v) is 0.933. The summed E-state index contributed by atoms with van der Waals surface area (Å²) in [4.78, 5) is 15.5. The number of hydrogen-bond donors (Lipinski definition) is 3. The van der Waals surface area contributed by atoms with Crippen LogP contribution in [0.25, 0.3) is 0 Å². The van der Waals surface area contributed by atoms with E-state index < -0.39 is 5.91 Å². The van der Waals surface area contributed by atoms with Crippen molar-refractivity contribution in [3.05, 3.63) is 29.3 Å². The number of carbonyl (C=O) groups is 1. The zero-order chi connectivity index (χ0) is 9.84. The number of nitrogens with two attached hydrogens (primary N) is 1. The van der Waals surface area contributed by atoms with E-state index in [1.165, 1.54) is 11.5 Å². The van der Waals surface area contributed by atoms with Gasteiger partial charge in [-0.25, -0.2) is 5.48 Å². The molecule has 0 bridgehead atoms. The van der Waals surface area contributed by atoms with E-state index in [0.717, 1.165) is 5.56 Å². The van der Waals surface area contributed by atoms with Gasteiger partial charge in [0, 0.05) is 5.56 Å². The van der Waals surface area contributed by atoms with Crippen molar-refractivity contribution in [3.63, 3.8) is 0 Å². The molecule has 0 heterocycles. The number of carbonyl (C=O) groups excluding carboxylic acids is 1. The topological polar surface area (TPSA) is 84.6 Å². The lowest BCUT2D eigenvalue weighted by atomic mass is 10.1. The van der Waals surface area contributed by atoms with Crippen molar-refractivity contribution >= 4 is 5.91 Å². The average molecular weight is 182 g/mol. The summed E-state index contributed by atoms with van der Waals surface area (Å²) < 4.78 is 0. The van der Waals surface area contributed by atoms with Crippen LogP contribution < -0.4 is 16.2 Å². The van der Waals surface area contributed by atoms with Crippen LogP contribution in [-0.2, 0) is 0 Å². The molecular weight excluding hydrogens is 172 g/mol. The molecule has 1 amide bonds. The monoisotopic (exact) mass is 182 g/mol. The Bertz CT molecular complexity index is 325. The predicted octanol–water partition coefficient (Wildman–Crippen LogP) is 0.367. The molecule has 1 aromatic carbocycles. The molecule has 4 N–H and O–H groups in total. The van der Waals surface area contributed by atoms with Crippen molar-refractivity contribution in [2.24, 2.45) is 5.90 Å². The van der Waals surface area contributed by atoms with Gasteiger partial charge in [0.15, 0.2) is 5.75 Å². The third-order valence-corrected chi connectivity index (χ3v) is 1.68. The first-order chi connectivity index (χ1) is 6.19. The van der Waals surface area contributed by atoms with Crippen molar-refractivity contribution in [1.29, 1.82) is 0 Å². The lowest BCUT2D eigenvalue weighted by molar-refractivity contribution is 0.0706. The van der Waals surface area contributed by atoms with Crippen LogP contribution in [0.5, 0.6) is 5.75 Å². The molecule has 1 rings (SSSR count). The minimum absolute atomic E-state index is 0.286. The molecule has 1 aromatic rings. The van der Waals surface area contributed by atoms with Crippen LogP contribution in [0, 0.1) is 6.92 Å². The Kier molecular flexibility index (Phi) is 2.84. The van der Waals surface area contributed by atoms with Gasteiger partial charge >= 0.3 is 0 Å². The van der Waals surface area contributed by atoms with Crippen molar-refractivity contribution in [2.75, 3.05) is 0 Å². The molecule has 0 spiro atoms. The van der Waals surface area contributed by atoms with E-state index >= 15 is 0 Å². The van der Waals surface area contributed by atoms with Crippen LogP contribution in [0.4, 0.5) is 0 Å². The number of hydroxylamine groups is 1. The van der Waals surface area contributed by atoms with Gasteiger partial charge in [-0.15, -0.1) is 0 Å². The van der Waals surface area contributed by atoms with Gasteiger partial charge in [-0.3, -0.25) is 10.0 Å². The van der Waals surface area contributed by atoms with E-state index in [-0.39, 0.29) is 5.56 Å². The minimum Gasteiger partial charge on any atom is -0.411 e. The molecule has 0 saturated heterocycles. The highest BCUT2D eigenvalue weighted by molar-refractivity contribution is 5.93. The molecule has 5 heteroatoms. The summed E-state index contributed by atoms with van der Waals surface area (Å²) in [5.41, 5.74) is 2.62. The Labute approximate surface area is 75.0 Å². The summed E-state index contributed by atoms with van der Waals surface area (Å²) in [7, 11) is 0. The Morgan fingerprint density at radius 3 is 2.85 bits per heavy atom. The second-order valence-corrected chi connectivity index (χ2v) is 2.54. The number of nitrogens with one attached hydrogen (secondary N) is 1. The van der Waals surface area contributed by atoms with Gasteiger partial charge in [0.2, 0.25) is 0 Å². The maximum atomic E-state index is 10.9. The molecule has 5 nitrogen and oxygen atoms in total. The molecule has 0 radical (unpaired) electrons. The number of aryl methyl sites for hydroxylation is 1. The summed E-state index contributed by atoms with van der Waals surface area (Å²) >= 11 is 0. The SMILES string of the molecule is Cc1ccc(C(=O)NO)cc1ON. The first-order valence-corrected chi connectivity index (χ1v) is 3.61. The maximum absolute atomic E-state index is 10.9. The summed E-state index contributed by atoms with van der Waals surface area (Å²) in [5.74, 6) is 4.77. The third-order valence-electron chi connectivity index (χ3n) is 1.68. The van der Waals surface area contributed by atoms with E-state index in [0.29, 0.717) is 5.75 Å². The molecule has 0 unspecified atom stereocenters. The zero-order valence-electron chi connectivity index (χ0n) is 7.07. The van der Waals surface area contributed by atoms with E-state index in [1.54, 1.807) is 19.1 Å². The van der Waals surface area contributed by atoms with Crippen LogP contribution >= 0.6 is 0 Å². The van der Waals surface area contributed by atoms with Crippen LogP contribution in [-0.4, -0.2) is 11.1 Å². The largest absolute Gasteiger partial charge is 0.411 e. The van der Waals surface area contributed by atoms with E-state index in [2.05, 4.69) is 4.84 Å².